The second-order valence-corrected chi connectivity index (χ2v) is 6.50. The molecule has 0 saturated carbocycles. The van der Waals surface area contributed by atoms with E-state index >= 15 is 0 Å². The molecule has 6 nitrogen and oxygen atoms in total. The summed E-state index contributed by atoms with van der Waals surface area (Å²) in [6.07, 6.45) is 0.710. The number of urea groups is 1. The Labute approximate surface area is 121 Å². The summed E-state index contributed by atoms with van der Waals surface area (Å²) in [6, 6.07) is -0.195. The van der Waals surface area contributed by atoms with Gasteiger partial charge in [-0.1, -0.05) is 20.8 Å². The molecule has 118 valence electrons. The molecule has 0 aliphatic heterocycles. The first-order valence-corrected chi connectivity index (χ1v) is 7.00. The average Bonchev–Trinajstić information content (AvgIpc) is 2.29. The van der Waals surface area contributed by atoms with Crippen molar-refractivity contribution in [3.8, 4) is 0 Å². The van der Waals surface area contributed by atoms with Gasteiger partial charge in [-0.05, 0) is 31.8 Å². The molecule has 0 heterocycles. The van der Waals surface area contributed by atoms with Gasteiger partial charge >= 0.3 is 12.0 Å². The molecule has 0 bridgehead atoms. The normalized spacial score (nSPS) is 13.1. The van der Waals surface area contributed by atoms with Crippen LogP contribution in [0.3, 0.4) is 0 Å². The van der Waals surface area contributed by atoms with Gasteiger partial charge in [-0.3, -0.25) is 4.79 Å². The lowest BCUT2D eigenvalue weighted by Gasteiger charge is -2.28. The van der Waals surface area contributed by atoms with E-state index in [9.17, 15) is 9.59 Å². The average molecular weight is 287 g/mol. The molecule has 0 spiro atoms. The van der Waals surface area contributed by atoms with Crippen molar-refractivity contribution in [2.75, 3.05) is 33.7 Å². The summed E-state index contributed by atoms with van der Waals surface area (Å²) >= 11 is 0. The predicted molar refractivity (Wildman–Crippen MR) is 79.8 cm³/mol. The first kappa shape index (κ1) is 18.7. The van der Waals surface area contributed by atoms with Gasteiger partial charge in [0.2, 0.25) is 0 Å². The highest BCUT2D eigenvalue weighted by molar-refractivity contribution is 5.73. The smallest absolute Gasteiger partial charge is 0.314 e. The SMILES string of the molecule is CC(CCC(=O)O)CNC(=O)NCC(C)(C)CN(C)C. The van der Waals surface area contributed by atoms with E-state index < -0.39 is 5.97 Å². The van der Waals surface area contributed by atoms with E-state index in [2.05, 4.69) is 29.4 Å². The van der Waals surface area contributed by atoms with Crippen LogP contribution in [0, 0.1) is 11.3 Å². The van der Waals surface area contributed by atoms with Gasteiger partial charge in [-0.2, -0.15) is 0 Å². The number of hydrogen-bond acceptors (Lipinski definition) is 3. The summed E-state index contributed by atoms with van der Waals surface area (Å²) in [5, 5.41) is 14.2. The third-order valence-electron chi connectivity index (χ3n) is 2.93. The van der Waals surface area contributed by atoms with Gasteiger partial charge in [0.05, 0.1) is 0 Å². The van der Waals surface area contributed by atoms with Crippen molar-refractivity contribution in [2.24, 2.45) is 11.3 Å². The molecular weight excluding hydrogens is 258 g/mol. The maximum Gasteiger partial charge on any atom is 0.314 e. The first-order valence-electron chi connectivity index (χ1n) is 7.00. The Morgan fingerprint density at radius 2 is 1.85 bits per heavy atom. The number of hydrogen-bond donors (Lipinski definition) is 3. The maximum absolute atomic E-state index is 11.7. The minimum atomic E-state index is -0.799. The van der Waals surface area contributed by atoms with Crippen molar-refractivity contribution in [3.05, 3.63) is 0 Å². The zero-order chi connectivity index (χ0) is 15.8. The number of aliphatic carboxylic acids is 1. The van der Waals surface area contributed by atoms with Crippen molar-refractivity contribution in [1.82, 2.24) is 15.5 Å². The number of nitrogens with one attached hydrogen (secondary N) is 2. The zero-order valence-corrected chi connectivity index (χ0v) is 13.3. The third-order valence-corrected chi connectivity index (χ3v) is 2.93. The van der Waals surface area contributed by atoms with E-state index in [-0.39, 0.29) is 23.8 Å². The molecule has 0 aromatic rings. The monoisotopic (exact) mass is 287 g/mol. The van der Waals surface area contributed by atoms with Crippen molar-refractivity contribution < 1.29 is 14.7 Å². The quantitative estimate of drug-likeness (QED) is 0.598. The van der Waals surface area contributed by atoms with E-state index in [1.807, 2.05) is 21.0 Å². The zero-order valence-electron chi connectivity index (χ0n) is 13.3. The summed E-state index contributed by atoms with van der Waals surface area (Å²) < 4.78 is 0. The lowest BCUT2D eigenvalue weighted by Crippen LogP contribution is -2.44. The minimum absolute atomic E-state index is 0.00969. The van der Waals surface area contributed by atoms with Crippen molar-refractivity contribution >= 4 is 12.0 Å². The molecule has 0 rings (SSSR count). The Kier molecular flexibility index (Phi) is 8.22. The number of carboxylic acid groups (broad SMARTS) is 1. The van der Waals surface area contributed by atoms with Crippen molar-refractivity contribution in [3.63, 3.8) is 0 Å². The van der Waals surface area contributed by atoms with E-state index in [1.165, 1.54) is 0 Å². The Hall–Kier alpha value is -1.30. The molecule has 1 unspecified atom stereocenters. The van der Waals surface area contributed by atoms with Crippen LogP contribution in [0.5, 0.6) is 0 Å². The number of nitrogens with zero attached hydrogens (tertiary/aromatic N) is 1. The molecule has 0 fully saturated rings. The number of carbonyl (C=O) groups is 2. The number of carbonyl (C=O) groups excluding carboxylic acids is 1. The fourth-order valence-corrected chi connectivity index (χ4v) is 2.03. The standard InChI is InChI=1S/C14H29N3O3/c1-11(6-7-12(18)19)8-15-13(20)16-9-14(2,3)10-17(4)5/h11H,6-10H2,1-5H3,(H,18,19)(H2,15,16,20). The van der Waals surface area contributed by atoms with Gasteiger partial charge < -0.3 is 20.6 Å². The third kappa shape index (κ3) is 10.6. The van der Waals surface area contributed by atoms with Crippen LogP contribution < -0.4 is 10.6 Å². The number of carboxylic acids is 1. The molecule has 2 amide bonds. The van der Waals surface area contributed by atoms with Gasteiger partial charge in [-0.25, -0.2) is 4.79 Å². The van der Waals surface area contributed by atoms with Gasteiger partial charge in [0.1, 0.15) is 0 Å². The fourth-order valence-electron chi connectivity index (χ4n) is 2.03. The lowest BCUT2D eigenvalue weighted by molar-refractivity contribution is -0.137. The second kappa shape index (κ2) is 8.79. The molecule has 20 heavy (non-hydrogen) atoms. The summed E-state index contributed by atoms with van der Waals surface area (Å²) in [5.41, 5.74) is 0.00969. The minimum Gasteiger partial charge on any atom is -0.481 e. The Bertz CT molecular complexity index is 317. The largest absolute Gasteiger partial charge is 0.481 e. The molecule has 0 aliphatic rings. The van der Waals surface area contributed by atoms with E-state index in [0.717, 1.165) is 6.54 Å². The summed E-state index contributed by atoms with van der Waals surface area (Å²) in [6.45, 7) is 8.11. The Balaban J connectivity index is 3.86. The highest BCUT2D eigenvalue weighted by Gasteiger charge is 2.19. The lowest BCUT2D eigenvalue weighted by atomic mass is 9.93. The van der Waals surface area contributed by atoms with Crippen LogP contribution in [0.4, 0.5) is 4.79 Å². The molecule has 0 saturated heterocycles. The molecule has 0 aromatic carbocycles. The first-order chi connectivity index (χ1) is 9.12. The summed E-state index contributed by atoms with van der Waals surface area (Å²) in [7, 11) is 4.01. The van der Waals surface area contributed by atoms with Crippen molar-refractivity contribution in [2.45, 2.75) is 33.6 Å². The molecule has 1 atom stereocenters. The van der Waals surface area contributed by atoms with Crippen LogP contribution in [0.25, 0.3) is 0 Å². The van der Waals surface area contributed by atoms with E-state index in [0.29, 0.717) is 19.5 Å². The van der Waals surface area contributed by atoms with Crippen molar-refractivity contribution in [1.29, 1.82) is 0 Å². The molecule has 6 heteroatoms. The van der Waals surface area contributed by atoms with Crippen LogP contribution in [0.1, 0.15) is 33.6 Å². The van der Waals surface area contributed by atoms with E-state index in [4.69, 9.17) is 5.11 Å². The topological polar surface area (TPSA) is 81.7 Å². The Morgan fingerprint density at radius 1 is 1.25 bits per heavy atom. The number of amides is 2. The fraction of sp³-hybridized carbons (Fsp3) is 0.857. The molecular formula is C14H29N3O3. The van der Waals surface area contributed by atoms with E-state index in [1.54, 1.807) is 0 Å². The van der Waals surface area contributed by atoms with Gasteiger partial charge in [-0.15, -0.1) is 0 Å². The van der Waals surface area contributed by atoms with Gasteiger partial charge in [0.25, 0.3) is 0 Å². The van der Waals surface area contributed by atoms with Crippen LogP contribution in [-0.2, 0) is 4.79 Å². The maximum atomic E-state index is 11.7. The summed E-state index contributed by atoms with van der Waals surface area (Å²) in [5.74, 6) is -0.640. The van der Waals surface area contributed by atoms with Gasteiger partial charge in [0, 0.05) is 26.1 Å². The highest BCUT2D eigenvalue weighted by atomic mass is 16.4. The van der Waals surface area contributed by atoms with Crippen LogP contribution in [0.2, 0.25) is 0 Å². The molecule has 0 aliphatic carbocycles. The van der Waals surface area contributed by atoms with Crippen LogP contribution in [-0.4, -0.2) is 55.7 Å². The van der Waals surface area contributed by atoms with Crippen LogP contribution >= 0.6 is 0 Å². The Morgan fingerprint density at radius 3 is 2.35 bits per heavy atom. The van der Waals surface area contributed by atoms with Gasteiger partial charge in [0.15, 0.2) is 0 Å². The van der Waals surface area contributed by atoms with Crippen LogP contribution in [0.15, 0.2) is 0 Å². The second-order valence-electron chi connectivity index (χ2n) is 6.50. The molecule has 0 aromatic heterocycles. The number of rotatable bonds is 9. The highest BCUT2D eigenvalue weighted by Crippen LogP contribution is 2.13. The molecule has 0 radical (unpaired) electrons. The summed E-state index contributed by atoms with van der Waals surface area (Å²) in [4.78, 5) is 24.2. The molecule has 3 N–H and O–H groups in total. The predicted octanol–water partition coefficient (Wildman–Crippen LogP) is 1.37.